The third-order valence-corrected chi connectivity index (χ3v) is 6.73. The highest BCUT2D eigenvalue weighted by Crippen LogP contribution is 2.24. The minimum atomic E-state index is -3.71. The maximum Gasteiger partial charge on any atom is 0.240 e. The van der Waals surface area contributed by atoms with Crippen molar-refractivity contribution >= 4 is 27.3 Å². The highest BCUT2D eigenvalue weighted by Gasteiger charge is 2.17. The van der Waals surface area contributed by atoms with Crippen LogP contribution in [0, 0.1) is 6.92 Å². The van der Waals surface area contributed by atoms with E-state index in [-0.39, 0.29) is 18.0 Å². The minimum absolute atomic E-state index is 0.0545. The number of hydrogen-bond donors (Lipinski definition) is 1. The average Bonchev–Trinajstić information content (AvgIpc) is 3.22. The van der Waals surface area contributed by atoms with Crippen LogP contribution in [0.1, 0.15) is 5.56 Å². The standard InChI is InChI=1S/C21H20ClN5O4S/c1-14-17(22)7-4-8-18(14)32(28,29)23-11-12-31-20-10-9-19-24-25-21(27(19)26-20)15-5-3-6-16(13-15)30-2/h3-10,13,23H,11-12H2,1-2H3. The van der Waals surface area contributed by atoms with E-state index in [9.17, 15) is 8.42 Å². The Balaban J connectivity index is 1.45. The van der Waals surface area contributed by atoms with Gasteiger partial charge >= 0.3 is 0 Å². The molecule has 4 aromatic rings. The molecule has 0 aliphatic heterocycles. The average molecular weight is 474 g/mol. The van der Waals surface area contributed by atoms with Crippen molar-refractivity contribution in [3.63, 3.8) is 0 Å². The number of fused-ring (bicyclic) bond motifs is 1. The first kappa shape index (κ1) is 22.0. The van der Waals surface area contributed by atoms with Crippen LogP contribution in [0.25, 0.3) is 17.0 Å². The summed E-state index contributed by atoms with van der Waals surface area (Å²) in [4.78, 5) is 0.136. The number of hydrogen-bond acceptors (Lipinski definition) is 7. The summed E-state index contributed by atoms with van der Waals surface area (Å²) in [6.07, 6.45) is 0. The second-order valence-electron chi connectivity index (χ2n) is 6.81. The van der Waals surface area contributed by atoms with Crippen LogP contribution in [-0.4, -0.2) is 48.5 Å². The molecule has 4 rings (SSSR count). The Kier molecular flexibility index (Phi) is 6.26. The van der Waals surface area contributed by atoms with Crippen LogP contribution in [0.15, 0.2) is 59.5 Å². The molecular weight excluding hydrogens is 454 g/mol. The van der Waals surface area contributed by atoms with E-state index in [4.69, 9.17) is 21.1 Å². The van der Waals surface area contributed by atoms with Gasteiger partial charge in [-0.15, -0.1) is 15.3 Å². The maximum atomic E-state index is 12.5. The molecule has 0 aliphatic rings. The summed E-state index contributed by atoms with van der Waals surface area (Å²) in [5.74, 6) is 1.52. The van der Waals surface area contributed by atoms with Crippen molar-refractivity contribution in [2.24, 2.45) is 0 Å². The maximum absolute atomic E-state index is 12.5. The second-order valence-corrected chi connectivity index (χ2v) is 8.95. The van der Waals surface area contributed by atoms with Crippen LogP contribution in [0.3, 0.4) is 0 Å². The number of sulfonamides is 1. The van der Waals surface area contributed by atoms with Crippen molar-refractivity contribution in [3.8, 4) is 23.0 Å². The molecule has 0 fully saturated rings. The van der Waals surface area contributed by atoms with E-state index in [0.29, 0.717) is 33.7 Å². The minimum Gasteiger partial charge on any atom is -0.497 e. The Morgan fingerprint density at radius 1 is 1.09 bits per heavy atom. The molecule has 0 unspecified atom stereocenters. The van der Waals surface area contributed by atoms with Gasteiger partial charge in [0.15, 0.2) is 11.5 Å². The topological polar surface area (TPSA) is 108 Å². The zero-order valence-corrected chi connectivity index (χ0v) is 18.9. The van der Waals surface area contributed by atoms with Crippen molar-refractivity contribution in [3.05, 3.63) is 65.2 Å². The first-order valence-corrected chi connectivity index (χ1v) is 11.5. The second kappa shape index (κ2) is 9.11. The monoisotopic (exact) mass is 473 g/mol. The number of methoxy groups -OCH3 is 1. The van der Waals surface area contributed by atoms with Gasteiger partial charge in [0.05, 0.1) is 12.0 Å². The fraction of sp³-hybridized carbons (Fsp3) is 0.190. The van der Waals surface area contributed by atoms with E-state index in [1.54, 1.807) is 42.8 Å². The van der Waals surface area contributed by atoms with Crippen LogP contribution in [0.5, 0.6) is 11.6 Å². The Morgan fingerprint density at radius 2 is 1.91 bits per heavy atom. The summed E-state index contributed by atoms with van der Waals surface area (Å²) in [5.41, 5.74) is 1.82. The lowest BCUT2D eigenvalue weighted by Crippen LogP contribution is -2.29. The number of ether oxygens (including phenoxy) is 2. The summed E-state index contributed by atoms with van der Waals surface area (Å²) in [6.45, 7) is 1.79. The third kappa shape index (κ3) is 4.52. The summed E-state index contributed by atoms with van der Waals surface area (Å²) >= 11 is 6.03. The van der Waals surface area contributed by atoms with Crippen molar-refractivity contribution in [2.45, 2.75) is 11.8 Å². The largest absolute Gasteiger partial charge is 0.497 e. The number of aromatic nitrogens is 4. The molecule has 0 bridgehead atoms. The van der Waals surface area contributed by atoms with Crippen LogP contribution in [-0.2, 0) is 10.0 Å². The Hall–Kier alpha value is -3.21. The Bertz CT molecular complexity index is 1370. The quantitative estimate of drug-likeness (QED) is 0.392. The van der Waals surface area contributed by atoms with Gasteiger partial charge in [-0.25, -0.2) is 13.1 Å². The van der Waals surface area contributed by atoms with Crippen LogP contribution in [0.2, 0.25) is 5.02 Å². The van der Waals surface area contributed by atoms with Crippen molar-refractivity contribution in [1.29, 1.82) is 0 Å². The molecule has 2 aromatic heterocycles. The lowest BCUT2D eigenvalue weighted by molar-refractivity contribution is 0.306. The summed E-state index contributed by atoms with van der Waals surface area (Å²) in [7, 11) is -2.12. The normalized spacial score (nSPS) is 11.6. The molecule has 2 aromatic carbocycles. The van der Waals surface area contributed by atoms with Crippen molar-refractivity contribution in [1.82, 2.24) is 24.5 Å². The summed E-state index contributed by atoms with van der Waals surface area (Å²) in [6, 6.07) is 15.5. The molecule has 2 heterocycles. The smallest absolute Gasteiger partial charge is 0.240 e. The Morgan fingerprint density at radius 3 is 2.72 bits per heavy atom. The van der Waals surface area contributed by atoms with Gasteiger partial charge in [0.25, 0.3) is 0 Å². The molecule has 0 saturated carbocycles. The van der Waals surface area contributed by atoms with Gasteiger partial charge in [-0.05, 0) is 42.8 Å². The molecule has 1 N–H and O–H groups in total. The molecule has 11 heteroatoms. The molecule has 166 valence electrons. The number of benzene rings is 2. The fourth-order valence-electron chi connectivity index (χ4n) is 3.08. The molecule has 0 atom stereocenters. The van der Waals surface area contributed by atoms with E-state index in [1.165, 1.54) is 6.07 Å². The van der Waals surface area contributed by atoms with Crippen LogP contribution < -0.4 is 14.2 Å². The number of nitrogens with zero attached hydrogens (tertiary/aromatic N) is 4. The van der Waals surface area contributed by atoms with E-state index >= 15 is 0 Å². The zero-order valence-electron chi connectivity index (χ0n) is 17.3. The predicted octanol–water partition coefficient (Wildman–Crippen LogP) is 3.12. The van der Waals surface area contributed by atoms with Gasteiger partial charge in [-0.3, -0.25) is 0 Å². The fourth-order valence-corrected chi connectivity index (χ4v) is 4.59. The SMILES string of the molecule is COc1cccc(-c2nnc3ccc(OCCNS(=O)(=O)c4cccc(Cl)c4C)nn23)c1. The third-order valence-electron chi connectivity index (χ3n) is 4.72. The van der Waals surface area contributed by atoms with Crippen LogP contribution in [0.4, 0.5) is 0 Å². The van der Waals surface area contributed by atoms with Gasteiger partial charge in [-0.1, -0.05) is 29.8 Å². The van der Waals surface area contributed by atoms with Gasteiger partial charge in [-0.2, -0.15) is 4.52 Å². The first-order chi connectivity index (χ1) is 15.4. The molecular formula is C21H20ClN5O4S. The number of halogens is 1. The molecule has 0 amide bonds. The summed E-state index contributed by atoms with van der Waals surface area (Å²) in [5, 5.41) is 13.1. The molecule has 32 heavy (non-hydrogen) atoms. The first-order valence-electron chi connectivity index (χ1n) is 9.63. The number of nitrogens with one attached hydrogen (secondary N) is 1. The summed E-state index contributed by atoms with van der Waals surface area (Å²) < 4.78 is 40.0. The lowest BCUT2D eigenvalue weighted by Gasteiger charge is -2.11. The van der Waals surface area contributed by atoms with Gasteiger partial charge in [0.2, 0.25) is 15.9 Å². The lowest BCUT2D eigenvalue weighted by atomic mass is 10.2. The van der Waals surface area contributed by atoms with Crippen LogP contribution >= 0.6 is 11.6 Å². The Labute approximate surface area is 190 Å². The van der Waals surface area contributed by atoms with E-state index in [0.717, 1.165) is 5.56 Å². The highest BCUT2D eigenvalue weighted by molar-refractivity contribution is 7.89. The van der Waals surface area contributed by atoms with E-state index in [2.05, 4.69) is 20.0 Å². The molecule has 9 nitrogen and oxygen atoms in total. The van der Waals surface area contributed by atoms with Crippen molar-refractivity contribution < 1.29 is 17.9 Å². The molecule has 0 saturated heterocycles. The number of rotatable bonds is 8. The predicted molar refractivity (Wildman–Crippen MR) is 120 cm³/mol. The van der Waals surface area contributed by atoms with Gasteiger partial charge < -0.3 is 9.47 Å². The van der Waals surface area contributed by atoms with Crippen molar-refractivity contribution in [2.75, 3.05) is 20.3 Å². The molecule has 0 aliphatic carbocycles. The van der Waals surface area contributed by atoms with E-state index < -0.39 is 10.0 Å². The molecule has 0 spiro atoms. The molecule has 0 radical (unpaired) electrons. The van der Waals surface area contributed by atoms with Gasteiger partial charge in [0, 0.05) is 23.2 Å². The van der Waals surface area contributed by atoms with E-state index in [1.807, 2.05) is 24.3 Å². The highest BCUT2D eigenvalue weighted by atomic mass is 35.5. The zero-order chi connectivity index (χ0) is 22.7. The van der Waals surface area contributed by atoms with Gasteiger partial charge in [0.1, 0.15) is 12.4 Å².